The zero-order valence-corrected chi connectivity index (χ0v) is 33.4. The smallest absolute Gasteiger partial charge is 0.164 e. The van der Waals surface area contributed by atoms with Crippen molar-refractivity contribution in [2.75, 3.05) is 0 Å². The highest BCUT2D eigenvalue weighted by atomic mass is 15.0. The summed E-state index contributed by atoms with van der Waals surface area (Å²) in [5.41, 5.74) is 14.4. The maximum atomic E-state index is 5.00. The molecule has 1 aliphatic carbocycles. The summed E-state index contributed by atoms with van der Waals surface area (Å²) in [6.07, 6.45) is 2.52. The molecular formula is C58H39N3. The molecule has 3 heteroatoms. The third-order valence-corrected chi connectivity index (χ3v) is 12.0. The van der Waals surface area contributed by atoms with Crippen LogP contribution in [0.3, 0.4) is 0 Å². The minimum atomic E-state index is -0.458. The van der Waals surface area contributed by atoms with E-state index in [0.717, 1.165) is 38.9 Å². The van der Waals surface area contributed by atoms with E-state index in [-0.39, 0.29) is 0 Å². The van der Waals surface area contributed by atoms with Crippen molar-refractivity contribution in [1.82, 2.24) is 15.0 Å². The first-order valence-electron chi connectivity index (χ1n) is 20.8. The third kappa shape index (κ3) is 6.54. The van der Waals surface area contributed by atoms with Crippen molar-refractivity contribution in [2.24, 2.45) is 0 Å². The van der Waals surface area contributed by atoms with Gasteiger partial charge in [-0.2, -0.15) is 0 Å². The van der Waals surface area contributed by atoms with Gasteiger partial charge in [0.05, 0.1) is 5.41 Å². The number of rotatable bonds is 8. The van der Waals surface area contributed by atoms with Crippen LogP contribution in [0, 0.1) is 0 Å². The molecule has 0 fully saturated rings. The van der Waals surface area contributed by atoms with Crippen LogP contribution in [0.5, 0.6) is 0 Å². The molecule has 0 atom stereocenters. The standard InChI is InChI=1S/C58H39N3/c1-5-19-41(20-6-1)55-59-56(42-21-7-2-8-22-42)61-57(60-55)48-28-17-26-46(38-48)44-24-15-23-43(36-44)45-25-16-27-47(37-45)52-39-58(49-29-9-3-10-30-49,50-31-11-4-12-32-50)53-35-34-40-18-13-14-33-51(40)54(52)53/h1-39H. The molecule has 1 aliphatic rings. The van der Waals surface area contributed by atoms with Crippen LogP contribution in [0.15, 0.2) is 237 Å². The summed E-state index contributed by atoms with van der Waals surface area (Å²) in [6, 6.07) is 82.0. The van der Waals surface area contributed by atoms with E-state index in [1.807, 2.05) is 60.7 Å². The van der Waals surface area contributed by atoms with Crippen molar-refractivity contribution < 1.29 is 0 Å². The number of fused-ring (bicyclic) bond motifs is 3. The Hall–Kier alpha value is -8.01. The molecule has 9 aromatic carbocycles. The predicted molar refractivity (Wildman–Crippen MR) is 251 cm³/mol. The van der Waals surface area contributed by atoms with Gasteiger partial charge >= 0.3 is 0 Å². The van der Waals surface area contributed by atoms with Crippen LogP contribution in [0.2, 0.25) is 0 Å². The summed E-state index contributed by atoms with van der Waals surface area (Å²) in [7, 11) is 0. The van der Waals surface area contributed by atoms with Crippen molar-refractivity contribution >= 4 is 16.3 Å². The van der Waals surface area contributed by atoms with Crippen LogP contribution in [-0.4, -0.2) is 15.0 Å². The average Bonchev–Trinajstić information content (AvgIpc) is 3.72. The van der Waals surface area contributed by atoms with E-state index in [1.54, 1.807) is 0 Å². The Kier molecular flexibility index (Phi) is 9.05. The highest BCUT2D eigenvalue weighted by Gasteiger charge is 2.42. The molecular weight excluding hydrogens is 739 g/mol. The van der Waals surface area contributed by atoms with Crippen LogP contribution in [0.4, 0.5) is 0 Å². The first-order valence-corrected chi connectivity index (χ1v) is 20.8. The summed E-state index contributed by atoms with van der Waals surface area (Å²) in [6.45, 7) is 0. The van der Waals surface area contributed by atoms with Crippen LogP contribution in [0.25, 0.3) is 72.8 Å². The topological polar surface area (TPSA) is 38.7 Å². The molecule has 0 aliphatic heterocycles. The van der Waals surface area contributed by atoms with E-state index in [1.165, 1.54) is 44.2 Å². The maximum absolute atomic E-state index is 5.00. The van der Waals surface area contributed by atoms with E-state index in [2.05, 4.69) is 176 Å². The summed E-state index contributed by atoms with van der Waals surface area (Å²) >= 11 is 0. The molecule has 0 radical (unpaired) electrons. The van der Waals surface area contributed by atoms with Gasteiger partial charge in [-0.05, 0) is 84.6 Å². The van der Waals surface area contributed by atoms with Crippen molar-refractivity contribution in [1.29, 1.82) is 0 Å². The van der Waals surface area contributed by atoms with Crippen molar-refractivity contribution in [3.63, 3.8) is 0 Å². The highest BCUT2D eigenvalue weighted by Crippen LogP contribution is 2.53. The summed E-state index contributed by atoms with van der Waals surface area (Å²) in [5.74, 6) is 1.93. The third-order valence-electron chi connectivity index (χ3n) is 12.0. The first kappa shape index (κ1) is 36.1. The Morgan fingerprint density at radius 2 is 0.689 bits per heavy atom. The lowest BCUT2D eigenvalue weighted by Gasteiger charge is -2.31. The van der Waals surface area contributed by atoms with Gasteiger partial charge in [-0.3, -0.25) is 0 Å². The van der Waals surface area contributed by atoms with Gasteiger partial charge in [-0.25, -0.2) is 15.0 Å². The van der Waals surface area contributed by atoms with Gasteiger partial charge < -0.3 is 0 Å². The minimum absolute atomic E-state index is 0.458. The van der Waals surface area contributed by atoms with E-state index in [4.69, 9.17) is 15.0 Å². The summed E-state index contributed by atoms with van der Waals surface area (Å²) in [5, 5.41) is 2.50. The SMILES string of the molecule is C1=C(c2cccc(-c3cccc(-c4cccc(-c5nc(-c6ccccc6)nc(-c6ccccc6)n5)c4)c3)c2)c2c(ccc3ccccc23)C1(c1ccccc1)c1ccccc1. The normalized spacial score (nSPS) is 12.8. The second-order valence-electron chi connectivity index (χ2n) is 15.6. The fourth-order valence-corrected chi connectivity index (χ4v) is 9.05. The maximum Gasteiger partial charge on any atom is 0.164 e. The van der Waals surface area contributed by atoms with Gasteiger partial charge in [0.25, 0.3) is 0 Å². The number of nitrogens with zero attached hydrogens (tertiary/aromatic N) is 3. The van der Waals surface area contributed by atoms with Gasteiger partial charge in [0.1, 0.15) is 0 Å². The number of hydrogen-bond acceptors (Lipinski definition) is 3. The zero-order valence-electron chi connectivity index (χ0n) is 33.4. The molecule has 0 unspecified atom stereocenters. The minimum Gasteiger partial charge on any atom is -0.208 e. The lowest BCUT2D eigenvalue weighted by molar-refractivity contribution is 0.795. The van der Waals surface area contributed by atoms with Crippen LogP contribution >= 0.6 is 0 Å². The van der Waals surface area contributed by atoms with Gasteiger partial charge in [-0.15, -0.1) is 0 Å². The number of hydrogen-bond donors (Lipinski definition) is 0. The van der Waals surface area contributed by atoms with Crippen LogP contribution in [0.1, 0.15) is 27.8 Å². The molecule has 10 aromatic rings. The molecule has 0 spiro atoms. The number of benzene rings is 9. The molecule has 0 N–H and O–H groups in total. The number of aromatic nitrogens is 3. The zero-order chi connectivity index (χ0) is 40.6. The lowest BCUT2D eigenvalue weighted by atomic mass is 9.71. The first-order chi connectivity index (χ1) is 30.2. The Labute approximate surface area is 356 Å². The fraction of sp³-hybridized carbons (Fsp3) is 0.0172. The predicted octanol–water partition coefficient (Wildman–Crippen LogP) is 14.1. The highest BCUT2D eigenvalue weighted by molar-refractivity contribution is 6.04. The molecule has 0 bridgehead atoms. The number of allylic oxidation sites excluding steroid dienone is 1. The fourth-order valence-electron chi connectivity index (χ4n) is 9.05. The molecule has 286 valence electrons. The van der Waals surface area contributed by atoms with Gasteiger partial charge in [0.15, 0.2) is 17.5 Å². The Balaban J connectivity index is 1.01. The summed E-state index contributed by atoms with van der Waals surface area (Å²) in [4.78, 5) is 14.9. The second-order valence-corrected chi connectivity index (χ2v) is 15.6. The van der Waals surface area contributed by atoms with Gasteiger partial charge in [-0.1, -0.05) is 218 Å². The quantitative estimate of drug-likeness (QED) is 0.154. The van der Waals surface area contributed by atoms with Gasteiger partial charge in [0.2, 0.25) is 0 Å². The molecule has 0 amide bonds. The summed E-state index contributed by atoms with van der Waals surface area (Å²) < 4.78 is 0. The molecule has 3 nitrogen and oxygen atoms in total. The molecule has 61 heavy (non-hydrogen) atoms. The molecule has 1 aromatic heterocycles. The van der Waals surface area contributed by atoms with Crippen molar-refractivity contribution in [3.8, 4) is 56.4 Å². The van der Waals surface area contributed by atoms with E-state index < -0.39 is 5.41 Å². The van der Waals surface area contributed by atoms with E-state index in [0.29, 0.717) is 17.5 Å². The van der Waals surface area contributed by atoms with Crippen LogP contribution < -0.4 is 0 Å². The molecule has 0 saturated heterocycles. The molecule has 1 heterocycles. The Morgan fingerprint density at radius 1 is 0.295 bits per heavy atom. The molecule has 0 saturated carbocycles. The van der Waals surface area contributed by atoms with Crippen molar-refractivity contribution in [3.05, 3.63) is 264 Å². The largest absolute Gasteiger partial charge is 0.208 e. The second kappa shape index (κ2) is 15.3. The Morgan fingerprint density at radius 3 is 1.23 bits per heavy atom. The van der Waals surface area contributed by atoms with E-state index in [9.17, 15) is 0 Å². The lowest BCUT2D eigenvalue weighted by Crippen LogP contribution is -2.25. The van der Waals surface area contributed by atoms with Crippen molar-refractivity contribution in [2.45, 2.75) is 5.41 Å². The van der Waals surface area contributed by atoms with Gasteiger partial charge in [0, 0.05) is 16.7 Å². The monoisotopic (exact) mass is 777 g/mol. The Bertz CT molecular complexity index is 3130. The average molecular weight is 778 g/mol. The molecule has 11 rings (SSSR count). The van der Waals surface area contributed by atoms with E-state index >= 15 is 0 Å². The van der Waals surface area contributed by atoms with Crippen LogP contribution in [-0.2, 0) is 5.41 Å².